The van der Waals surface area contributed by atoms with Gasteiger partial charge < -0.3 is 14.2 Å². The van der Waals surface area contributed by atoms with Gasteiger partial charge in [0.2, 0.25) is 0 Å². The molecule has 1 saturated heterocycles. The van der Waals surface area contributed by atoms with Gasteiger partial charge >= 0.3 is 0 Å². The van der Waals surface area contributed by atoms with Crippen LogP contribution >= 0.6 is 11.3 Å². The first kappa shape index (κ1) is 18.7. The van der Waals surface area contributed by atoms with Crippen molar-refractivity contribution in [3.05, 3.63) is 82.7 Å². The third kappa shape index (κ3) is 4.11. The van der Waals surface area contributed by atoms with E-state index in [4.69, 9.17) is 9.73 Å². The Morgan fingerprint density at radius 3 is 2.68 bits per heavy atom. The van der Waals surface area contributed by atoms with E-state index in [1.807, 2.05) is 6.08 Å². The molecule has 0 N–H and O–H groups in total. The fourth-order valence-corrected chi connectivity index (χ4v) is 4.31. The highest BCUT2D eigenvalue weighted by molar-refractivity contribution is 7.07. The van der Waals surface area contributed by atoms with Gasteiger partial charge in [0.15, 0.2) is 4.80 Å². The Balaban J connectivity index is 1.58. The molecule has 0 radical (unpaired) electrons. The molecule has 0 unspecified atom stereocenters. The summed E-state index contributed by atoms with van der Waals surface area (Å²) in [7, 11) is 2.08. The average Bonchev–Trinajstić information content (AvgIpc) is 2.96. The number of morpholine rings is 1. The van der Waals surface area contributed by atoms with Crippen LogP contribution in [-0.4, -0.2) is 30.9 Å². The van der Waals surface area contributed by atoms with Crippen molar-refractivity contribution in [3.8, 4) is 11.3 Å². The van der Waals surface area contributed by atoms with E-state index < -0.39 is 0 Å². The van der Waals surface area contributed by atoms with E-state index in [0.29, 0.717) is 0 Å². The Hall–Kier alpha value is -2.63. The summed E-state index contributed by atoms with van der Waals surface area (Å²) in [6.07, 6.45) is 11.0. The number of aromatic nitrogens is 1. The summed E-state index contributed by atoms with van der Waals surface area (Å²) in [4.78, 5) is 8.25. The zero-order valence-electron chi connectivity index (χ0n) is 16.2. The van der Waals surface area contributed by atoms with Crippen molar-refractivity contribution in [2.24, 2.45) is 12.0 Å². The van der Waals surface area contributed by atoms with Crippen molar-refractivity contribution in [1.82, 2.24) is 4.57 Å². The smallest absolute Gasteiger partial charge is 0.189 e. The van der Waals surface area contributed by atoms with Crippen LogP contribution in [0.1, 0.15) is 6.42 Å². The van der Waals surface area contributed by atoms with Gasteiger partial charge in [-0.3, -0.25) is 0 Å². The second kappa shape index (κ2) is 8.59. The molecule has 144 valence electrons. The van der Waals surface area contributed by atoms with E-state index in [-0.39, 0.29) is 0 Å². The molecular formula is C23H25N3OS. The van der Waals surface area contributed by atoms with Gasteiger partial charge in [0, 0.05) is 43.3 Å². The average molecular weight is 392 g/mol. The van der Waals surface area contributed by atoms with Crippen molar-refractivity contribution in [1.29, 1.82) is 0 Å². The molecule has 2 aliphatic rings. The van der Waals surface area contributed by atoms with Gasteiger partial charge in [-0.15, -0.1) is 11.3 Å². The van der Waals surface area contributed by atoms with Crippen molar-refractivity contribution >= 4 is 17.0 Å². The van der Waals surface area contributed by atoms with Crippen LogP contribution in [0, 0.1) is 0 Å². The third-order valence-electron chi connectivity index (χ3n) is 5.04. The molecule has 2 heterocycles. The van der Waals surface area contributed by atoms with Gasteiger partial charge in [-0.25, -0.2) is 4.99 Å². The van der Waals surface area contributed by atoms with Crippen molar-refractivity contribution in [2.45, 2.75) is 6.42 Å². The molecule has 2 aromatic rings. The van der Waals surface area contributed by atoms with Crippen LogP contribution in [0.5, 0.6) is 0 Å². The fraction of sp³-hybridized carbons (Fsp3) is 0.261. The zero-order chi connectivity index (χ0) is 19.3. The molecule has 0 spiro atoms. The number of rotatable bonds is 4. The van der Waals surface area contributed by atoms with Gasteiger partial charge in [0.25, 0.3) is 0 Å². The lowest BCUT2D eigenvalue weighted by Gasteiger charge is -2.28. The summed E-state index contributed by atoms with van der Waals surface area (Å²) in [5.74, 6) is 0. The van der Waals surface area contributed by atoms with Crippen molar-refractivity contribution < 1.29 is 4.74 Å². The minimum absolute atomic E-state index is 0.806. The Labute approximate surface area is 170 Å². The molecule has 4 rings (SSSR count). The molecule has 0 saturated carbocycles. The molecular weight excluding hydrogens is 366 g/mol. The van der Waals surface area contributed by atoms with E-state index in [2.05, 4.69) is 77.0 Å². The normalized spacial score (nSPS) is 17.9. The lowest BCUT2D eigenvalue weighted by Crippen LogP contribution is -2.36. The number of benzene rings is 1. The molecule has 0 amide bonds. The summed E-state index contributed by atoms with van der Waals surface area (Å²) >= 11 is 1.67. The number of hydrogen-bond donors (Lipinski definition) is 0. The van der Waals surface area contributed by atoms with Crippen LogP contribution in [0.4, 0.5) is 5.69 Å². The van der Waals surface area contributed by atoms with Crippen LogP contribution in [0.2, 0.25) is 0 Å². The predicted molar refractivity (Wildman–Crippen MR) is 117 cm³/mol. The largest absolute Gasteiger partial charge is 0.378 e. The molecule has 5 heteroatoms. The Bertz CT molecular complexity index is 999. The topological polar surface area (TPSA) is 29.8 Å². The Kier molecular flexibility index (Phi) is 5.74. The first-order chi connectivity index (χ1) is 13.7. The molecule has 1 aromatic heterocycles. The quantitative estimate of drug-likeness (QED) is 0.771. The molecule has 1 aromatic carbocycles. The summed E-state index contributed by atoms with van der Waals surface area (Å²) in [5, 5.41) is 2.18. The van der Waals surface area contributed by atoms with Crippen molar-refractivity contribution in [3.63, 3.8) is 0 Å². The Morgan fingerprint density at radius 2 is 1.93 bits per heavy atom. The summed E-state index contributed by atoms with van der Waals surface area (Å²) in [5.41, 5.74) is 5.82. The number of hydrogen-bond acceptors (Lipinski definition) is 4. The van der Waals surface area contributed by atoms with Gasteiger partial charge in [0.05, 0.1) is 18.9 Å². The van der Waals surface area contributed by atoms with Gasteiger partial charge in [-0.2, -0.15) is 0 Å². The highest BCUT2D eigenvalue weighted by Crippen LogP contribution is 2.24. The summed E-state index contributed by atoms with van der Waals surface area (Å²) in [6, 6.07) is 8.80. The maximum Gasteiger partial charge on any atom is 0.189 e. The molecule has 28 heavy (non-hydrogen) atoms. The minimum atomic E-state index is 0.806. The van der Waals surface area contributed by atoms with Crippen molar-refractivity contribution in [2.75, 3.05) is 31.2 Å². The minimum Gasteiger partial charge on any atom is -0.378 e. The summed E-state index contributed by atoms with van der Waals surface area (Å²) < 4.78 is 7.61. The standard InChI is InChI=1S/C23H25N3OS/c1-3-18-5-4-6-20(10-7-18)24-23-25(2)22(17-28-23)19-8-11-21(12-9-19)26-13-15-27-16-14-26/h3-5,7-12,17H,1,6,13-16H2,2H3. The number of ether oxygens (including phenoxy) is 1. The van der Waals surface area contributed by atoms with Crippen LogP contribution in [0.15, 0.2) is 82.9 Å². The highest BCUT2D eigenvalue weighted by atomic mass is 32.1. The van der Waals surface area contributed by atoms with Crippen LogP contribution < -0.4 is 9.70 Å². The third-order valence-corrected chi connectivity index (χ3v) is 5.96. The molecule has 0 bridgehead atoms. The van der Waals surface area contributed by atoms with E-state index in [0.717, 1.165) is 48.8 Å². The lowest BCUT2D eigenvalue weighted by molar-refractivity contribution is 0.122. The SMILES string of the molecule is C=CC1=CC=C(N=c2scc(-c3ccc(N4CCOCC4)cc3)n2C)CC=C1. The number of anilines is 1. The number of allylic oxidation sites excluding steroid dienone is 6. The van der Waals surface area contributed by atoms with E-state index in [1.165, 1.54) is 16.9 Å². The first-order valence-electron chi connectivity index (χ1n) is 9.57. The predicted octanol–water partition coefficient (Wildman–Crippen LogP) is 4.45. The zero-order valence-corrected chi connectivity index (χ0v) is 17.0. The Morgan fingerprint density at radius 1 is 1.14 bits per heavy atom. The monoisotopic (exact) mass is 391 g/mol. The lowest BCUT2D eigenvalue weighted by atomic mass is 10.1. The maximum absolute atomic E-state index is 5.44. The second-order valence-electron chi connectivity index (χ2n) is 6.86. The fourth-order valence-electron chi connectivity index (χ4n) is 3.37. The van der Waals surface area contributed by atoms with E-state index in [9.17, 15) is 0 Å². The van der Waals surface area contributed by atoms with Gasteiger partial charge in [-0.05, 0) is 29.3 Å². The highest BCUT2D eigenvalue weighted by Gasteiger charge is 2.12. The van der Waals surface area contributed by atoms with E-state index in [1.54, 1.807) is 11.3 Å². The summed E-state index contributed by atoms with van der Waals surface area (Å²) in [6.45, 7) is 7.36. The number of thiazole rings is 1. The molecule has 1 fully saturated rings. The second-order valence-corrected chi connectivity index (χ2v) is 7.69. The first-order valence-corrected chi connectivity index (χ1v) is 10.4. The molecule has 1 aliphatic carbocycles. The molecule has 0 atom stereocenters. The molecule has 4 nitrogen and oxygen atoms in total. The van der Waals surface area contributed by atoms with Gasteiger partial charge in [0.1, 0.15) is 0 Å². The molecule has 1 aliphatic heterocycles. The van der Waals surface area contributed by atoms with Crippen LogP contribution in [0.3, 0.4) is 0 Å². The van der Waals surface area contributed by atoms with Crippen LogP contribution in [-0.2, 0) is 11.8 Å². The van der Waals surface area contributed by atoms with Crippen LogP contribution in [0.25, 0.3) is 11.3 Å². The van der Waals surface area contributed by atoms with Gasteiger partial charge in [-0.1, -0.05) is 43.0 Å². The number of nitrogens with zero attached hydrogens (tertiary/aromatic N) is 3. The van der Waals surface area contributed by atoms with E-state index >= 15 is 0 Å². The maximum atomic E-state index is 5.44.